The van der Waals surface area contributed by atoms with Crippen LogP contribution >= 0.6 is 0 Å². The Hall–Kier alpha value is -3.60. The molecule has 0 radical (unpaired) electrons. The third-order valence-corrected chi connectivity index (χ3v) is 6.60. The zero-order chi connectivity index (χ0) is 21.5. The van der Waals surface area contributed by atoms with E-state index in [1.165, 1.54) is 11.1 Å². The summed E-state index contributed by atoms with van der Waals surface area (Å²) >= 11 is 0. The highest BCUT2D eigenvalue weighted by Crippen LogP contribution is 2.52. The van der Waals surface area contributed by atoms with Crippen molar-refractivity contribution in [3.63, 3.8) is 0 Å². The molecule has 0 unspecified atom stereocenters. The molecule has 5 aromatic rings. The van der Waals surface area contributed by atoms with Crippen LogP contribution < -0.4 is 0 Å². The summed E-state index contributed by atoms with van der Waals surface area (Å²) in [4.78, 5) is 7.32. The second-order valence-electron chi connectivity index (χ2n) is 8.64. The molecule has 0 aliphatic heterocycles. The summed E-state index contributed by atoms with van der Waals surface area (Å²) < 4.78 is 30.5. The molecule has 6 rings (SSSR count). The van der Waals surface area contributed by atoms with Gasteiger partial charge >= 0.3 is 6.08 Å². The number of hydrogen-bond donors (Lipinski definition) is 0. The molecule has 5 heteroatoms. The van der Waals surface area contributed by atoms with Gasteiger partial charge in [0.2, 0.25) is 5.95 Å². The maximum atomic E-state index is 14.5. The summed E-state index contributed by atoms with van der Waals surface area (Å²) in [5.74, 6) is -0.611. The lowest BCUT2D eigenvalue weighted by atomic mass is 9.81. The van der Waals surface area contributed by atoms with E-state index in [2.05, 4.69) is 54.1 Å². The Balaban J connectivity index is 1.87. The molecule has 1 aliphatic carbocycles. The van der Waals surface area contributed by atoms with Crippen molar-refractivity contribution in [2.24, 2.45) is 0 Å². The van der Waals surface area contributed by atoms with E-state index in [4.69, 9.17) is 0 Å². The van der Waals surface area contributed by atoms with Gasteiger partial charge in [0.25, 0.3) is 0 Å². The summed E-state index contributed by atoms with van der Waals surface area (Å²) in [6, 6.07) is 20.6. The van der Waals surface area contributed by atoms with E-state index in [-0.39, 0.29) is 16.8 Å². The minimum atomic E-state index is -1.07. The third-order valence-electron chi connectivity index (χ3n) is 6.60. The van der Waals surface area contributed by atoms with Gasteiger partial charge in [-0.2, -0.15) is 18.7 Å². The molecule has 0 atom stereocenters. The van der Waals surface area contributed by atoms with Crippen LogP contribution in [0, 0.1) is 18.9 Å². The van der Waals surface area contributed by atoms with Crippen LogP contribution in [0.25, 0.3) is 38.8 Å². The molecule has 152 valence electrons. The predicted molar refractivity (Wildman–Crippen MR) is 119 cm³/mol. The largest absolute Gasteiger partial charge is 0.313 e. The fourth-order valence-electron chi connectivity index (χ4n) is 5.20. The van der Waals surface area contributed by atoms with Gasteiger partial charge < -0.3 is 0 Å². The van der Waals surface area contributed by atoms with Crippen LogP contribution in [0.2, 0.25) is 0 Å². The number of para-hydroxylation sites is 1. The molecular formula is C26H19F2N3. The van der Waals surface area contributed by atoms with Gasteiger partial charge in [-0.3, -0.25) is 4.57 Å². The van der Waals surface area contributed by atoms with Crippen LogP contribution in [0.5, 0.6) is 0 Å². The van der Waals surface area contributed by atoms with Crippen LogP contribution in [0.15, 0.2) is 60.7 Å². The molecule has 2 heterocycles. The Morgan fingerprint density at radius 3 is 2.39 bits per heavy atom. The van der Waals surface area contributed by atoms with Gasteiger partial charge in [0.1, 0.15) is 5.82 Å². The zero-order valence-corrected chi connectivity index (χ0v) is 17.4. The van der Waals surface area contributed by atoms with Gasteiger partial charge in [-0.1, -0.05) is 68.4 Å². The van der Waals surface area contributed by atoms with Gasteiger partial charge in [0, 0.05) is 21.8 Å². The Morgan fingerprint density at radius 1 is 0.806 bits per heavy atom. The molecule has 1 aliphatic rings. The summed E-state index contributed by atoms with van der Waals surface area (Å²) in [7, 11) is 0. The summed E-state index contributed by atoms with van der Waals surface area (Å²) in [5.41, 5.74) is 6.44. The van der Waals surface area contributed by atoms with Crippen molar-refractivity contribution >= 4 is 21.8 Å². The monoisotopic (exact) mass is 411 g/mol. The quantitative estimate of drug-likeness (QED) is 0.234. The Morgan fingerprint density at radius 2 is 1.55 bits per heavy atom. The van der Waals surface area contributed by atoms with E-state index in [1.54, 1.807) is 6.92 Å². The predicted octanol–water partition coefficient (Wildman–Crippen LogP) is 6.47. The summed E-state index contributed by atoms with van der Waals surface area (Å²) in [6.07, 6.45) is -1.07. The standard InChI is InChI=1S/C26H19F2N3/c1-14-23(27)29-25(28)30-24(14)31-20-11-7-5-9-16(20)18-13-12-17-15-8-4-6-10-19(15)26(2,3)21(17)22(18)31/h4-13H,1-3H3. The van der Waals surface area contributed by atoms with Gasteiger partial charge in [-0.15, -0.1) is 0 Å². The number of hydrogen-bond acceptors (Lipinski definition) is 2. The number of nitrogens with zero attached hydrogens (tertiary/aromatic N) is 3. The van der Waals surface area contributed by atoms with Gasteiger partial charge in [-0.25, -0.2) is 0 Å². The Bertz CT molecular complexity index is 1550. The molecule has 31 heavy (non-hydrogen) atoms. The van der Waals surface area contributed by atoms with Crippen molar-refractivity contribution in [2.45, 2.75) is 26.2 Å². The lowest BCUT2D eigenvalue weighted by Gasteiger charge is -2.23. The Kier molecular flexibility index (Phi) is 3.51. The van der Waals surface area contributed by atoms with Crippen LogP contribution in [0.4, 0.5) is 8.78 Å². The molecule has 0 spiro atoms. The van der Waals surface area contributed by atoms with E-state index < -0.39 is 12.0 Å². The fraction of sp³-hybridized carbons (Fsp3) is 0.154. The third kappa shape index (κ3) is 2.26. The van der Waals surface area contributed by atoms with Gasteiger partial charge in [0.15, 0.2) is 0 Å². The van der Waals surface area contributed by atoms with Gasteiger partial charge in [-0.05, 0) is 35.2 Å². The van der Waals surface area contributed by atoms with Crippen LogP contribution in [0.1, 0.15) is 30.5 Å². The minimum absolute atomic E-state index is 0.218. The van der Waals surface area contributed by atoms with Crippen molar-refractivity contribution in [3.05, 3.63) is 89.4 Å². The molecule has 0 bridgehead atoms. The smallest absolute Gasteiger partial charge is 0.293 e. The van der Waals surface area contributed by atoms with Crippen molar-refractivity contribution in [3.8, 4) is 16.9 Å². The minimum Gasteiger partial charge on any atom is -0.293 e. The molecule has 0 saturated carbocycles. The molecule has 0 saturated heterocycles. The van der Waals surface area contributed by atoms with Crippen molar-refractivity contribution in [2.75, 3.05) is 0 Å². The van der Waals surface area contributed by atoms with E-state index in [0.29, 0.717) is 0 Å². The first kappa shape index (κ1) is 18.2. The molecule has 0 amide bonds. The van der Waals surface area contributed by atoms with Gasteiger partial charge in [0.05, 0.1) is 11.0 Å². The number of halogens is 2. The fourth-order valence-corrected chi connectivity index (χ4v) is 5.20. The first-order valence-corrected chi connectivity index (χ1v) is 10.3. The second kappa shape index (κ2) is 5.97. The van der Waals surface area contributed by atoms with E-state index >= 15 is 0 Å². The average molecular weight is 411 g/mol. The number of fused-ring (bicyclic) bond motifs is 7. The van der Waals surface area contributed by atoms with E-state index in [9.17, 15) is 8.78 Å². The molecule has 3 aromatic carbocycles. The van der Waals surface area contributed by atoms with E-state index in [1.807, 2.05) is 34.9 Å². The number of rotatable bonds is 1. The first-order valence-electron chi connectivity index (χ1n) is 10.3. The maximum Gasteiger partial charge on any atom is 0.313 e. The number of benzene rings is 3. The van der Waals surface area contributed by atoms with Crippen LogP contribution in [0.3, 0.4) is 0 Å². The second-order valence-corrected chi connectivity index (χ2v) is 8.64. The molecule has 0 N–H and O–H groups in total. The zero-order valence-electron chi connectivity index (χ0n) is 17.4. The highest BCUT2D eigenvalue weighted by molar-refractivity contribution is 6.13. The normalized spacial score (nSPS) is 14.2. The van der Waals surface area contributed by atoms with Crippen molar-refractivity contribution in [1.82, 2.24) is 14.5 Å². The lowest BCUT2D eigenvalue weighted by Crippen LogP contribution is -2.17. The van der Waals surface area contributed by atoms with Crippen LogP contribution in [-0.4, -0.2) is 14.5 Å². The SMILES string of the molecule is Cc1c(F)nc(F)nc1-n1c2ccccc2c2ccc3c(c21)C(C)(C)c1ccccc1-3. The summed E-state index contributed by atoms with van der Waals surface area (Å²) in [6.45, 7) is 5.99. The average Bonchev–Trinajstić information content (AvgIpc) is 3.21. The Labute approximate surface area is 178 Å². The highest BCUT2D eigenvalue weighted by atomic mass is 19.1. The molecule has 3 nitrogen and oxygen atoms in total. The molecule has 2 aromatic heterocycles. The van der Waals surface area contributed by atoms with Crippen LogP contribution in [-0.2, 0) is 5.41 Å². The maximum absolute atomic E-state index is 14.5. The lowest BCUT2D eigenvalue weighted by molar-refractivity contribution is 0.475. The highest BCUT2D eigenvalue weighted by Gasteiger charge is 2.38. The molecule has 0 fully saturated rings. The van der Waals surface area contributed by atoms with E-state index in [0.717, 1.165) is 32.9 Å². The topological polar surface area (TPSA) is 30.7 Å². The summed E-state index contributed by atoms with van der Waals surface area (Å²) in [5, 5.41) is 2.06. The van der Waals surface area contributed by atoms with Crippen molar-refractivity contribution < 1.29 is 8.78 Å². The molecular weight excluding hydrogens is 392 g/mol. The van der Waals surface area contributed by atoms with Crippen molar-refractivity contribution in [1.29, 1.82) is 0 Å². The number of aromatic nitrogens is 3. The first-order chi connectivity index (χ1) is 14.9.